The third-order valence-electron chi connectivity index (χ3n) is 3.27. The molecule has 104 valence electrons. The molecular formula is C16H17NO3. The van der Waals surface area contributed by atoms with Crippen molar-refractivity contribution >= 4 is 11.7 Å². The molecule has 2 aromatic carbocycles. The van der Waals surface area contributed by atoms with Crippen LogP contribution in [0.4, 0.5) is 5.69 Å². The summed E-state index contributed by atoms with van der Waals surface area (Å²) in [6, 6.07) is 16.3. The SMILES string of the molecule is COc1ccccc1NC(C)(C(=O)O)c1ccccc1. The first-order chi connectivity index (χ1) is 9.58. The van der Waals surface area contributed by atoms with Gasteiger partial charge in [0, 0.05) is 0 Å². The average Bonchev–Trinajstić information content (AvgIpc) is 2.48. The Morgan fingerprint density at radius 2 is 1.70 bits per heavy atom. The van der Waals surface area contributed by atoms with E-state index < -0.39 is 11.5 Å². The standard InChI is InChI=1S/C16H17NO3/c1-16(15(18)19,12-8-4-3-5-9-12)17-13-10-6-7-11-14(13)20-2/h3-11,17H,1-2H3,(H,18,19). The molecule has 0 heterocycles. The predicted molar refractivity (Wildman–Crippen MR) is 78.0 cm³/mol. The molecule has 2 aromatic rings. The number of nitrogens with one attached hydrogen (secondary N) is 1. The Balaban J connectivity index is 2.43. The number of para-hydroxylation sites is 2. The Labute approximate surface area is 118 Å². The number of hydrogen-bond acceptors (Lipinski definition) is 3. The summed E-state index contributed by atoms with van der Waals surface area (Å²) in [5.41, 5.74) is 0.0951. The fourth-order valence-corrected chi connectivity index (χ4v) is 2.04. The molecule has 0 bridgehead atoms. The highest BCUT2D eigenvalue weighted by molar-refractivity contribution is 5.84. The van der Waals surface area contributed by atoms with Crippen molar-refractivity contribution in [3.05, 3.63) is 60.2 Å². The van der Waals surface area contributed by atoms with Crippen LogP contribution in [0.5, 0.6) is 5.75 Å². The van der Waals surface area contributed by atoms with Crippen molar-refractivity contribution in [1.29, 1.82) is 0 Å². The third-order valence-corrected chi connectivity index (χ3v) is 3.27. The fourth-order valence-electron chi connectivity index (χ4n) is 2.04. The first-order valence-electron chi connectivity index (χ1n) is 6.28. The maximum absolute atomic E-state index is 11.7. The third kappa shape index (κ3) is 2.59. The second kappa shape index (κ2) is 5.65. The Hall–Kier alpha value is -2.49. The minimum Gasteiger partial charge on any atom is -0.495 e. The molecule has 2 N–H and O–H groups in total. The lowest BCUT2D eigenvalue weighted by atomic mass is 9.91. The van der Waals surface area contributed by atoms with Crippen LogP contribution in [0.15, 0.2) is 54.6 Å². The number of rotatable bonds is 5. The molecule has 1 atom stereocenters. The lowest BCUT2D eigenvalue weighted by molar-refractivity contribution is -0.142. The van der Waals surface area contributed by atoms with Gasteiger partial charge in [0.15, 0.2) is 5.54 Å². The van der Waals surface area contributed by atoms with Gasteiger partial charge in [0.2, 0.25) is 0 Å². The first-order valence-corrected chi connectivity index (χ1v) is 6.28. The van der Waals surface area contributed by atoms with E-state index >= 15 is 0 Å². The number of carboxylic acids is 1. The van der Waals surface area contributed by atoms with E-state index in [2.05, 4.69) is 5.32 Å². The number of benzene rings is 2. The summed E-state index contributed by atoms with van der Waals surface area (Å²) in [5.74, 6) is -0.342. The topological polar surface area (TPSA) is 58.6 Å². The van der Waals surface area contributed by atoms with Gasteiger partial charge >= 0.3 is 5.97 Å². The summed E-state index contributed by atoms with van der Waals surface area (Å²) in [6.07, 6.45) is 0. The molecule has 0 aliphatic carbocycles. The highest BCUT2D eigenvalue weighted by atomic mass is 16.5. The van der Waals surface area contributed by atoms with Crippen LogP contribution < -0.4 is 10.1 Å². The summed E-state index contributed by atoms with van der Waals surface area (Å²) in [5, 5.41) is 12.7. The number of ether oxygens (including phenoxy) is 1. The monoisotopic (exact) mass is 271 g/mol. The molecule has 2 rings (SSSR count). The van der Waals surface area contributed by atoms with E-state index in [1.807, 2.05) is 30.3 Å². The Morgan fingerprint density at radius 3 is 2.30 bits per heavy atom. The normalized spacial score (nSPS) is 13.3. The Bertz CT molecular complexity index is 598. The average molecular weight is 271 g/mol. The Morgan fingerprint density at radius 1 is 1.10 bits per heavy atom. The van der Waals surface area contributed by atoms with Gasteiger partial charge < -0.3 is 15.2 Å². The molecule has 0 spiro atoms. The van der Waals surface area contributed by atoms with E-state index in [0.717, 1.165) is 0 Å². The number of anilines is 1. The van der Waals surface area contributed by atoms with Crippen LogP contribution in [0.3, 0.4) is 0 Å². The molecule has 0 radical (unpaired) electrons. The van der Waals surface area contributed by atoms with Gasteiger partial charge in [-0.05, 0) is 24.6 Å². The zero-order chi connectivity index (χ0) is 14.6. The van der Waals surface area contributed by atoms with Crippen molar-refractivity contribution in [3.63, 3.8) is 0 Å². The molecule has 0 saturated heterocycles. The number of hydrogen-bond donors (Lipinski definition) is 2. The van der Waals surface area contributed by atoms with Gasteiger partial charge in [0.05, 0.1) is 12.8 Å². The van der Waals surface area contributed by atoms with Gasteiger partial charge in [0.25, 0.3) is 0 Å². The largest absolute Gasteiger partial charge is 0.495 e. The van der Waals surface area contributed by atoms with Crippen molar-refractivity contribution in [2.24, 2.45) is 0 Å². The molecule has 0 fully saturated rings. The van der Waals surface area contributed by atoms with E-state index in [1.165, 1.54) is 0 Å². The van der Waals surface area contributed by atoms with Crippen LogP contribution >= 0.6 is 0 Å². The summed E-state index contributed by atoms with van der Waals surface area (Å²) >= 11 is 0. The maximum Gasteiger partial charge on any atom is 0.333 e. The van der Waals surface area contributed by atoms with Crippen LogP contribution in [0.25, 0.3) is 0 Å². The second-order valence-electron chi connectivity index (χ2n) is 4.62. The number of carboxylic acid groups (broad SMARTS) is 1. The lowest BCUT2D eigenvalue weighted by Gasteiger charge is -2.28. The number of carbonyl (C=O) groups is 1. The van der Waals surface area contributed by atoms with Crippen molar-refractivity contribution in [2.45, 2.75) is 12.5 Å². The van der Waals surface area contributed by atoms with Gasteiger partial charge in [-0.1, -0.05) is 42.5 Å². The van der Waals surface area contributed by atoms with Crippen molar-refractivity contribution in [3.8, 4) is 5.75 Å². The van der Waals surface area contributed by atoms with Gasteiger partial charge in [-0.2, -0.15) is 0 Å². The molecule has 0 aromatic heterocycles. The summed E-state index contributed by atoms with van der Waals surface area (Å²) in [7, 11) is 1.56. The molecular weight excluding hydrogens is 254 g/mol. The van der Waals surface area contributed by atoms with E-state index in [1.54, 1.807) is 38.3 Å². The van der Waals surface area contributed by atoms with E-state index in [9.17, 15) is 9.90 Å². The minimum absolute atomic E-state index is 0.607. The molecule has 0 amide bonds. The smallest absolute Gasteiger partial charge is 0.333 e. The van der Waals surface area contributed by atoms with Crippen molar-refractivity contribution in [2.75, 3.05) is 12.4 Å². The van der Waals surface area contributed by atoms with Crippen LogP contribution in [0.2, 0.25) is 0 Å². The van der Waals surface area contributed by atoms with Gasteiger partial charge in [-0.25, -0.2) is 4.79 Å². The fraction of sp³-hybridized carbons (Fsp3) is 0.188. The van der Waals surface area contributed by atoms with Crippen LogP contribution in [0, 0.1) is 0 Å². The van der Waals surface area contributed by atoms with Gasteiger partial charge in [-0.3, -0.25) is 0 Å². The highest BCUT2D eigenvalue weighted by Gasteiger charge is 2.35. The molecule has 4 nitrogen and oxygen atoms in total. The molecule has 0 saturated carbocycles. The number of methoxy groups -OCH3 is 1. The molecule has 20 heavy (non-hydrogen) atoms. The predicted octanol–water partition coefficient (Wildman–Crippen LogP) is 3.11. The minimum atomic E-state index is -1.23. The van der Waals surface area contributed by atoms with Gasteiger partial charge in [-0.15, -0.1) is 0 Å². The first kappa shape index (κ1) is 13.9. The van der Waals surface area contributed by atoms with Crippen LogP contribution in [-0.4, -0.2) is 18.2 Å². The number of aliphatic carboxylic acids is 1. The zero-order valence-electron chi connectivity index (χ0n) is 11.5. The summed E-state index contributed by atoms with van der Waals surface area (Å²) < 4.78 is 5.25. The Kier molecular flexibility index (Phi) is 3.94. The van der Waals surface area contributed by atoms with E-state index in [4.69, 9.17) is 4.74 Å². The molecule has 0 aliphatic rings. The molecule has 0 aliphatic heterocycles. The van der Waals surface area contributed by atoms with E-state index in [-0.39, 0.29) is 0 Å². The van der Waals surface area contributed by atoms with Crippen molar-refractivity contribution in [1.82, 2.24) is 0 Å². The van der Waals surface area contributed by atoms with Crippen molar-refractivity contribution < 1.29 is 14.6 Å². The quantitative estimate of drug-likeness (QED) is 0.877. The van der Waals surface area contributed by atoms with Gasteiger partial charge in [0.1, 0.15) is 5.75 Å². The lowest BCUT2D eigenvalue weighted by Crippen LogP contribution is -2.40. The molecule has 4 heteroatoms. The van der Waals surface area contributed by atoms with E-state index in [0.29, 0.717) is 17.0 Å². The zero-order valence-corrected chi connectivity index (χ0v) is 11.5. The summed E-state index contributed by atoms with van der Waals surface area (Å²) in [6.45, 7) is 1.64. The summed E-state index contributed by atoms with van der Waals surface area (Å²) in [4.78, 5) is 11.7. The maximum atomic E-state index is 11.7. The second-order valence-corrected chi connectivity index (χ2v) is 4.62. The van der Waals surface area contributed by atoms with Crippen LogP contribution in [-0.2, 0) is 10.3 Å². The van der Waals surface area contributed by atoms with Crippen LogP contribution in [0.1, 0.15) is 12.5 Å². The molecule has 1 unspecified atom stereocenters. The highest BCUT2D eigenvalue weighted by Crippen LogP contribution is 2.31.